The molecule has 3 aromatic rings. The Hall–Kier alpha value is -3.63. The van der Waals surface area contributed by atoms with Crippen LogP contribution in [0.25, 0.3) is 6.08 Å². The molecule has 0 aliphatic rings. The fourth-order valence-corrected chi connectivity index (χ4v) is 2.92. The quantitative estimate of drug-likeness (QED) is 0.480. The van der Waals surface area contributed by atoms with Crippen LogP contribution >= 0.6 is 11.3 Å². The number of hydrogen-bond donors (Lipinski definition) is 1. The van der Waals surface area contributed by atoms with Crippen molar-refractivity contribution in [3.63, 3.8) is 0 Å². The number of carbonyl (C=O) groups is 1. The molecule has 0 saturated heterocycles. The van der Waals surface area contributed by atoms with Crippen LogP contribution in [-0.4, -0.2) is 18.0 Å². The van der Waals surface area contributed by atoms with Gasteiger partial charge < -0.3 is 9.47 Å². The number of thiazole rings is 1. The minimum Gasteiger partial charge on any atom is -0.493 e. The zero-order valence-corrected chi connectivity index (χ0v) is 15.9. The first-order chi connectivity index (χ1) is 13.7. The molecule has 2 aromatic carbocycles. The van der Waals surface area contributed by atoms with E-state index in [2.05, 4.69) is 10.3 Å². The predicted octanol–water partition coefficient (Wildman–Crippen LogP) is 4.28. The fraction of sp³-hybridized carbons (Fsp3) is 0.0952. The lowest BCUT2D eigenvalue weighted by Gasteiger charge is -2.11. The number of nitrogens with one attached hydrogen (secondary N) is 1. The summed E-state index contributed by atoms with van der Waals surface area (Å²) < 4.78 is 11.2. The zero-order valence-electron chi connectivity index (χ0n) is 15.1. The number of carbonyl (C=O) groups excluding carboxylic acids is 1. The lowest BCUT2D eigenvalue weighted by atomic mass is 10.1. The Labute approximate surface area is 166 Å². The number of hydrogen-bond acceptors (Lipinski definition) is 6. The molecule has 0 bridgehead atoms. The SMILES string of the molecule is COc1ccc(C=C(C#N)C(=O)Nc2nccs2)cc1OCc1ccccc1. The molecule has 0 fully saturated rings. The van der Waals surface area contributed by atoms with Gasteiger partial charge in [-0.05, 0) is 29.3 Å². The van der Waals surface area contributed by atoms with Gasteiger partial charge in [-0.25, -0.2) is 4.98 Å². The molecule has 1 aromatic heterocycles. The van der Waals surface area contributed by atoms with E-state index in [-0.39, 0.29) is 5.57 Å². The molecule has 0 aliphatic heterocycles. The first kappa shape index (κ1) is 19.1. The molecule has 0 spiro atoms. The van der Waals surface area contributed by atoms with E-state index < -0.39 is 5.91 Å². The van der Waals surface area contributed by atoms with Crippen LogP contribution in [0.2, 0.25) is 0 Å². The lowest BCUT2D eigenvalue weighted by Crippen LogP contribution is -2.13. The molecule has 0 saturated carbocycles. The van der Waals surface area contributed by atoms with Crippen LogP contribution in [0.3, 0.4) is 0 Å². The highest BCUT2D eigenvalue weighted by molar-refractivity contribution is 7.13. The van der Waals surface area contributed by atoms with Crippen LogP contribution < -0.4 is 14.8 Å². The Balaban J connectivity index is 1.79. The number of nitrogens with zero attached hydrogens (tertiary/aromatic N) is 2. The maximum Gasteiger partial charge on any atom is 0.268 e. The molecule has 1 amide bonds. The summed E-state index contributed by atoms with van der Waals surface area (Å²) in [6.07, 6.45) is 3.08. The highest BCUT2D eigenvalue weighted by Gasteiger charge is 2.12. The van der Waals surface area contributed by atoms with Gasteiger partial charge in [-0.3, -0.25) is 10.1 Å². The Morgan fingerprint density at radius 3 is 2.75 bits per heavy atom. The first-order valence-electron chi connectivity index (χ1n) is 8.37. The van der Waals surface area contributed by atoms with E-state index >= 15 is 0 Å². The van der Waals surface area contributed by atoms with Gasteiger partial charge in [-0.2, -0.15) is 5.26 Å². The van der Waals surface area contributed by atoms with Crippen molar-refractivity contribution in [2.24, 2.45) is 0 Å². The predicted molar refractivity (Wildman–Crippen MR) is 108 cm³/mol. The molecular weight excluding hydrogens is 374 g/mol. The van der Waals surface area contributed by atoms with Gasteiger partial charge in [-0.15, -0.1) is 11.3 Å². The molecule has 1 N–H and O–H groups in total. The van der Waals surface area contributed by atoms with E-state index in [0.29, 0.717) is 28.8 Å². The average Bonchev–Trinajstić information content (AvgIpc) is 3.24. The molecule has 0 unspecified atom stereocenters. The molecule has 3 rings (SSSR count). The zero-order chi connectivity index (χ0) is 19.8. The number of amides is 1. The number of anilines is 1. The van der Waals surface area contributed by atoms with Gasteiger partial charge >= 0.3 is 0 Å². The molecule has 140 valence electrons. The van der Waals surface area contributed by atoms with Crippen LogP contribution in [0, 0.1) is 11.3 Å². The summed E-state index contributed by atoms with van der Waals surface area (Å²) in [5.74, 6) is 0.580. The van der Waals surface area contributed by atoms with Crippen molar-refractivity contribution < 1.29 is 14.3 Å². The van der Waals surface area contributed by atoms with Gasteiger partial charge in [0.05, 0.1) is 7.11 Å². The smallest absolute Gasteiger partial charge is 0.268 e. The first-order valence-corrected chi connectivity index (χ1v) is 9.25. The normalized spacial score (nSPS) is 10.8. The highest BCUT2D eigenvalue weighted by atomic mass is 32.1. The van der Waals surface area contributed by atoms with E-state index in [1.54, 1.807) is 36.9 Å². The van der Waals surface area contributed by atoms with E-state index in [1.807, 2.05) is 36.4 Å². The molecule has 6 nitrogen and oxygen atoms in total. The molecule has 0 aliphatic carbocycles. The lowest BCUT2D eigenvalue weighted by molar-refractivity contribution is -0.112. The largest absolute Gasteiger partial charge is 0.493 e. The topological polar surface area (TPSA) is 84.2 Å². The minimum absolute atomic E-state index is 0.0330. The second-order valence-electron chi connectivity index (χ2n) is 5.65. The van der Waals surface area contributed by atoms with Crippen molar-refractivity contribution in [1.29, 1.82) is 5.26 Å². The van der Waals surface area contributed by atoms with Crippen LogP contribution in [0.1, 0.15) is 11.1 Å². The summed E-state index contributed by atoms with van der Waals surface area (Å²) in [7, 11) is 1.56. The summed E-state index contributed by atoms with van der Waals surface area (Å²) in [6, 6.07) is 16.9. The van der Waals surface area contributed by atoms with Crippen molar-refractivity contribution in [2.45, 2.75) is 6.61 Å². The Morgan fingerprint density at radius 2 is 2.07 bits per heavy atom. The molecule has 1 heterocycles. The Morgan fingerprint density at radius 1 is 1.25 bits per heavy atom. The third-order valence-corrected chi connectivity index (χ3v) is 4.44. The van der Waals surface area contributed by atoms with E-state index in [0.717, 1.165) is 5.56 Å². The fourth-order valence-electron chi connectivity index (χ4n) is 2.40. The summed E-state index contributed by atoms with van der Waals surface area (Å²) >= 11 is 1.28. The average molecular weight is 391 g/mol. The highest BCUT2D eigenvalue weighted by Crippen LogP contribution is 2.30. The number of benzene rings is 2. The van der Waals surface area contributed by atoms with E-state index in [9.17, 15) is 10.1 Å². The monoisotopic (exact) mass is 391 g/mol. The third kappa shape index (κ3) is 4.96. The summed E-state index contributed by atoms with van der Waals surface area (Å²) in [5, 5.41) is 14.1. The van der Waals surface area contributed by atoms with Crippen LogP contribution in [0.15, 0.2) is 65.7 Å². The maximum absolute atomic E-state index is 12.3. The van der Waals surface area contributed by atoms with Gasteiger partial charge in [0, 0.05) is 11.6 Å². The van der Waals surface area contributed by atoms with Crippen molar-refractivity contribution in [1.82, 2.24) is 4.98 Å². The second-order valence-corrected chi connectivity index (χ2v) is 6.54. The van der Waals surface area contributed by atoms with Gasteiger partial charge in [0.25, 0.3) is 5.91 Å². The Bertz CT molecular complexity index is 1010. The van der Waals surface area contributed by atoms with Crippen LogP contribution in [0.4, 0.5) is 5.13 Å². The molecule has 0 radical (unpaired) electrons. The molecule has 7 heteroatoms. The minimum atomic E-state index is -0.514. The second kappa shape index (κ2) is 9.35. The number of methoxy groups -OCH3 is 1. The summed E-state index contributed by atoms with van der Waals surface area (Å²) in [5.41, 5.74) is 1.63. The van der Waals surface area contributed by atoms with Gasteiger partial charge in [0.2, 0.25) is 0 Å². The van der Waals surface area contributed by atoms with Crippen LogP contribution in [0.5, 0.6) is 11.5 Å². The molecule has 0 atom stereocenters. The van der Waals surface area contributed by atoms with Crippen molar-refractivity contribution in [3.8, 4) is 17.6 Å². The van der Waals surface area contributed by atoms with Gasteiger partial charge in [0.15, 0.2) is 16.6 Å². The molecular formula is C21H17N3O3S. The summed E-state index contributed by atoms with van der Waals surface area (Å²) in [6.45, 7) is 0.375. The molecule has 28 heavy (non-hydrogen) atoms. The maximum atomic E-state index is 12.3. The van der Waals surface area contributed by atoms with Crippen molar-refractivity contribution in [2.75, 3.05) is 12.4 Å². The Kier molecular flexibility index (Phi) is 6.39. The number of rotatable bonds is 7. The number of aromatic nitrogens is 1. The number of nitriles is 1. The van der Waals surface area contributed by atoms with E-state index in [4.69, 9.17) is 9.47 Å². The van der Waals surface area contributed by atoms with E-state index in [1.165, 1.54) is 17.4 Å². The van der Waals surface area contributed by atoms with Crippen LogP contribution in [-0.2, 0) is 11.4 Å². The third-order valence-electron chi connectivity index (χ3n) is 3.75. The number of ether oxygens (including phenoxy) is 2. The van der Waals surface area contributed by atoms with Gasteiger partial charge in [-0.1, -0.05) is 36.4 Å². The van der Waals surface area contributed by atoms with Gasteiger partial charge in [0.1, 0.15) is 18.2 Å². The standard InChI is InChI=1S/C21H17N3O3S/c1-26-18-8-7-16(12-19(18)27-14-15-5-3-2-4-6-15)11-17(13-22)20(25)24-21-23-9-10-28-21/h2-12H,14H2,1H3,(H,23,24,25). The van der Waals surface area contributed by atoms with Crippen molar-refractivity contribution >= 4 is 28.5 Å². The van der Waals surface area contributed by atoms with Crippen molar-refractivity contribution in [3.05, 3.63) is 76.8 Å². The summed E-state index contributed by atoms with van der Waals surface area (Å²) in [4.78, 5) is 16.3.